The maximum Gasteiger partial charge on any atom is 0.329 e. The zero-order chi connectivity index (χ0) is 15.8. The Morgan fingerprint density at radius 2 is 1.90 bits per heavy atom. The zero-order valence-corrected chi connectivity index (χ0v) is 11.9. The van der Waals surface area contributed by atoms with Crippen molar-refractivity contribution in [2.75, 3.05) is 19.7 Å². The van der Waals surface area contributed by atoms with Gasteiger partial charge in [-0.1, -0.05) is 6.07 Å². The first kappa shape index (κ1) is 15.8. The second-order valence-corrected chi connectivity index (χ2v) is 6.83. The van der Waals surface area contributed by atoms with E-state index in [9.17, 15) is 22.0 Å². The van der Waals surface area contributed by atoms with Gasteiger partial charge in [0.15, 0.2) is 4.90 Å². The van der Waals surface area contributed by atoms with Gasteiger partial charge in [-0.05, 0) is 19.1 Å². The molecule has 21 heavy (non-hydrogen) atoms. The highest BCUT2D eigenvalue weighted by atomic mass is 32.2. The van der Waals surface area contributed by atoms with Crippen molar-refractivity contribution >= 4 is 16.0 Å². The fraction of sp³-hybridized carbons (Fsp3) is 0.417. The predicted octanol–water partition coefficient (Wildman–Crippen LogP) is 0.829. The maximum absolute atomic E-state index is 13.6. The summed E-state index contributed by atoms with van der Waals surface area (Å²) in [5.74, 6) is -3.53. The Morgan fingerprint density at radius 1 is 1.38 bits per heavy atom. The summed E-state index contributed by atoms with van der Waals surface area (Å²) in [6, 6.07) is 2.78. The van der Waals surface area contributed by atoms with Crippen LogP contribution in [-0.2, 0) is 19.6 Å². The summed E-state index contributed by atoms with van der Waals surface area (Å²) in [4.78, 5) is 9.41. The molecule has 0 unspecified atom stereocenters. The summed E-state index contributed by atoms with van der Waals surface area (Å²) in [5, 5.41) is 8.52. The Bertz CT molecular complexity index is 650. The molecule has 9 heteroatoms. The van der Waals surface area contributed by atoms with E-state index in [4.69, 9.17) is 9.84 Å². The Morgan fingerprint density at radius 3 is 2.38 bits per heavy atom. The highest BCUT2D eigenvalue weighted by Gasteiger charge is 2.47. The fourth-order valence-corrected chi connectivity index (χ4v) is 3.83. The quantitative estimate of drug-likeness (QED) is 0.868. The molecule has 1 aromatic carbocycles. The van der Waals surface area contributed by atoms with Crippen LogP contribution in [0.5, 0.6) is 0 Å². The van der Waals surface area contributed by atoms with E-state index in [1.165, 1.54) is 6.92 Å². The van der Waals surface area contributed by atoms with Crippen molar-refractivity contribution in [3.8, 4) is 0 Å². The third-order valence-corrected chi connectivity index (χ3v) is 4.93. The number of hydrogen-bond acceptors (Lipinski definition) is 4. The van der Waals surface area contributed by atoms with Crippen molar-refractivity contribution in [1.82, 2.24) is 4.31 Å². The number of carboxylic acids is 1. The normalized spacial score (nSPS) is 18.2. The van der Waals surface area contributed by atoms with Gasteiger partial charge >= 0.3 is 5.97 Å². The lowest BCUT2D eigenvalue weighted by Gasteiger charge is -2.46. The lowest BCUT2D eigenvalue weighted by atomic mass is 10.0. The molecule has 2 rings (SSSR count). The van der Waals surface area contributed by atoms with Crippen LogP contribution in [0.2, 0.25) is 0 Å². The van der Waals surface area contributed by atoms with E-state index in [2.05, 4.69) is 0 Å². The van der Waals surface area contributed by atoms with Crippen molar-refractivity contribution in [3.63, 3.8) is 0 Å². The molecule has 0 aromatic heterocycles. The number of carbonyl (C=O) groups is 1. The summed E-state index contributed by atoms with van der Waals surface area (Å²) in [7, 11) is -4.32. The molecule has 1 N–H and O–H groups in total. The molecule has 0 bridgehead atoms. The van der Waals surface area contributed by atoms with Crippen molar-refractivity contribution in [3.05, 3.63) is 29.8 Å². The molecule has 0 radical (unpaired) electrons. The van der Waals surface area contributed by atoms with Gasteiger partial charge < -0.3 is 9.84 Å². The molecule has 1 aliphatic rings. The second-order valence-electron chi connectivity index (χ2n) is 4.96. The fourth-order valence-electron chi connectivity index (χ4n) is 2.06. The van der Waals surface area contributed by atoms with Crippen LogP contribution < -0.4 is 0 Å². The summed E-state index contributed by atoms with van der Waals surface area (Å²) < 4.78 is 57.3. The molecule has 1 fully saturated rings. The molecule has 0 aliphatic carbocycles. The van der Waals surface area contributed by atoms with Gasteiger partial charge in [-0.15, -0.1) is 0 Å². The average Bonchev–Trinajstić information content (AvgIpc) is 2.32. The largest absolute Gasteiger partial charge is 0.480 e. The van der Waals surface area contributed by atoms with Crippen LogP contribution in [0.4, 0.5) is 8.78 Å². The first-order valence-electron chi connectivity index (χ1n) is 5.96. The lowest BCUT2D eigenvalue weighted by Crippen LogP contribution is -2.63. The summed E-state index contributed by atoms with van der Waals surface area (Å²) in [6.45, 7) is 0.616. The number of carboxylic acid groups (broad SMARTS) is 1. The van der Waals surface area contributed by atoms with E-state index < -0.39 is 44.7 Å². The van der Waals surface area contributed by atoms with Crippen LogP contribution in [0.1, 0.15) is 6.92 Å². The summed E-state index contributed by atoms with van der Waals surface area (Å²) in [5.41, 5.74) is -0.979. The zero-order valence-electron chi connectivity index (χ0n) is 11.0. The summed E-state index contributed by atoms with van der Waals surface area (Å²) in [6.07, 6.45) is 0. The van der Waals surface area contributed by atoms with Crippen LogP contribution in [0.3, 0.4) is 0 Å². The lowest BCUT2D eigenvalue weighted by molar-refractivity contribution is -0.157. The number of hydrogen-bond donors (Lipinski definition) is 1. The summed E-state index contributed by atoms with van der Waals surface area (Å²) >= 11 is 0. The number of aliphatic carboxylic acids is 1. The number of sulfonamides is 1. The number of rotatable bonds is 5. The third kappa shape index (κ3) is 3.04. The van der Waals surface area contributed by atoms with Gasteiger partial charge in [0.2, 0.25) is 10.0 Å². The average molecular weight is 321 g/mol. The first-order chi connectivity index (χ1) is 9.66. The minimum absolute atomic E-state index is 0.170. The molecule has 0 atom stereocenters. The molecule has 0 saturated carbocycles. The van der Waals surface area contributed by atoms with Crippen molar-refractivity contribution < 1.29 is 31.8 Å². The van der Waals surface area contributed by atoms with E-state index in [1.807, 2.05) is 0 Å². The van der Waals surface area contributed by atoms with E-state index in [-0.39, 0.29) is 13.1 Å². The Kier molecular flexibility index (Phi) is 4.00. The molecular formula is C12H13F2NO5S. The predicted molar refractivity (Wildman–Crippen MR) is 67.1 cm³/mol. The van der Waals surface area contributed by atoms with Gasteiger partial charge in [-0.2, -0.15) is 4.31 Å². The molecule has 1 saturated heterocycles. The Labute approximate surface area is 120 Å². The highest BCUT2D eigenvalue weighted by molar-refractivity contribution is 7.89. The number of benzene rings is 1. The van der Waals surface area contributed by atoms with Gasteiger partial charge in [0.05, 0.1) is 5.60 Å². The van der Waals surface area contributed by atoms with Crippen molar-refractivity contribution in [2.24, 2.45) is 0 Å². The van der Waals surface area contributed by atoms with Crippen LogP contribution in [-0.4, -0.2) is 49.1 Å². The third-order valence-electron chi connectivity index (χ3n) is 3.08. The van der Waals surface area contributed by atoms with Crippen molar-refractivity contribution in [1.29, 1.82) is 0 Å². The van der Waals surface area contributed by atoms with Crippen molar-refractivity contribution in [2.45, 2.75) is 17.4 Å². The van der Waals surface area contributed by atoms with E-state index in [1.54, 1.807) is 0 Å². The molecule has 1 aliphatic heterocycles. The Balaban J connectivity index is 2.16. The molecular weight excluding hydrogens is 308 g/mol. The minimum atomic E-state index is -4.32. The van der Waals surface area contributed by atoms with Crippen LogP contribution in [0.25, 0.3) is 0 Å². The molecule has 0 spiro atoms. The van der Waals surface area contributed by atoms with E-state index in [0.717, 1.165) is 22.5 Å². The van der Waals surface area contributed by atoms with E-state index >= 15 is 0 Å². The van der Waals surface area contributed by atoms with Gasteiger partial charge in [0.25, 0.3) is 0 Å². The first-order valence-corrected chi connectivity index (χ1v) is 7.40. The van der Waals surface area contributed by atoms with Gasteiger partial charge in [0, 0.05) is 13.1 Å². The molecule has 0 amide bonds. The molecule has 116 valence electrons. The number of halogens is 2. The van der Waals surface area contributed by atoms with Gasteiger partial charge in [-0.3, -0.25) is 0 Å². The smallest absolute Gasteiger partial charge is 0.329 e. The Hall–Kier alpha value is -1.58. The number of nitrogens with zero attached hydrogens (tertiary/aromatic N) is 1. The van der Waals surface area contributed by atoms with Crippen LogP contribution in [0.15, 0.2) is 23.1 Å². The van der Waals surface area contributed by atoms with Gasteiger partial charge in [0.1, 0.15) is 18.2 Å². The second kappa shape index (κ2) is 5.32. The molecule has 1 heterocycles. The number of ether oxygens (including phenoxy) is 1. The minimum Gasteiger partial charge on any atom is -0.480 e. The van der Waals surface area contributed by atoms with Crippen LogP contribution >= 0.6 is 0 Å². The van der Waals surface area contributed by atoms with Crippen LogP contribution in [0, 0.1) is 11.6 Å². The standard InChI is InChI=1S/C12H13F2NO5S/c1-12(20-5-10(16)17)6-15(7-12)21(18,19)11-8(13)3-2-4-9(11)14/h2-4H,5-7H2,1H3,(H,16,17). The molecule has 1 aromatic rings. The topological polar surface area (TPSA) is 83.9 Å². The SMILES string of the molecule is CC1(OCC(=O)O)CN(S(=O)(=O)c2c(F)cccc2F)C1. The van der Waals surface area contributed by atoms with E-state index in [0.29, 0.717) is 0 Å². The maximum atomic E-state index is 13.6. The molecule has 6 nitrogen and oxygen atoms in total. The van der Waals surface area contributed by atoms with Gasteiger partial charge in [-0.25, -0.2) is 22.0 Å². The highest BCUT2D eigenvalue weighted by Crippen LogP contribution is 2.32. The monoisotopic (exact) mass is 321 g/mol.